The van der Waals surface area contributed by atoms with Crippen LogP contribution in [-0.4, -0.2) is 0 Å². The topological polar surface area (TPSA) is 9.23 Å². The van der Waals surface area contributed by atoms with Crippen LogP contribution < -0.4 is 4.74 Å². The van der Waals surface area contributed by atoms with Gasteiger partial charge in [-0.2, -0.15) is 4.39 Å². The molecular weight excluding hydrogens is 229 g/mol. The largest absolute Gasteiger partial charge is 0.454 e. The van der Waals surface area contributed by atoms with Crippen molar-refractivity contribution >= 4 is 0 Å². The molecule has 0 fully saturated rings. The molecule has 0 saturated heterocycles. The van der Waals surface area contributed by atoms with Crippen LogP contribution in [0.2, 0.25) is 0 Å². The zero-order chi connectivity index (χ0) is 12.4. The molecule has 0 radical (unpaired) electrons. The molecule has 0 saturated carbocycles. The molecule has 0 amide bonds. The fourth-order valence-corrected chi connectivity index (χ4v) is 1.42. The summed E-state index contributed by atoms with van der Waals surface area (Å²) in [6, 6.07) is 7.63. The standard InChI is InChI=1S/C13H9F3O/c1-8-5-11(15)13(16)12(6-8)17-10-4-2-3-9(14)7-10/h2-7H,1H3. The van der Waals surface area contributed by atoms with Gasteiger partial charge in [-0.15, -0.1) is 0 Å². The number of hydrogen-bond acceptors (Lipinski definition) is 1. The molecule has 0 aliphatic carbocycles. The van der Waals surface area contributed by atoms with Crippen LogP contribution in [-0.2, 0) is 0 Å². The third-order valence-electron chi connectivity index (χ3n) is 2.16. The molecule has 0 N–H and O–H groups in total. The van der Waals surface area contributed by atoms with E-state index in [0.717, 1.165) is 12.1 Å². The SMILES string of the molecule is Cc1cc(F)c(F)c(Oc2cccc(F)c2)c1. The third kappa shape index (κ3) is 2.58. The van der Waals surface area contributed by atoms with E-state index in [0.29, 0.717) is 5.56 Å². The minimum Gasteiger partial charge on any atom is -0.454 e. The fourth-order valence-electron chi connectivity index (χ4n) is 1.42. The van der Waals surface area contributed by atoms with E-state index < -0.39 is 17.5 Å². The van der Waals surface area contributed by atoms with Gasteiger partial charge < -0.3 is 4.74 Å². The van der Waals surface area contributed by atoms with Crippen LogP contribution in [0, 0.1) is 24.4 Å². The highest BCUT2D eigenvalue weighted by Gasteiger charge is 2.11. The molecule has 1 nitrogen and oxygen atoms in total. The van der Waals surface area contributed by atoms with E-state index in [1.54, 1.807) is 6.92 Å². The summed E-state index contributed by atoms with van der Waals surface area (Å²) in [6.07, 6.45) is 0. The summed E-state index contributed by atoms with van der Waals surface area (Å²) >= 11 is 0. The summed E-state index contributed by atoms with van der Waals surface area (Å²) in [5.74, 6) is -2.71. The van der Waals surface area contributed by atoms with Crippen LogP contribution in [0.3, 0.4) is 0 Å². The maximum absolute atomic E-state index is 13.4. The molecule has 0 spiro atoms. The van der Waals surface area contributed by atoms with E-state index in [4.69, 9.17) is 4.74 Å². The first kappa shape index (κ1) is 11.5. The van der Waals surface area contributed by atoms with Crippen molar-refractivity contribution in [2.45, 2.75) is 6.92 Å². The second-order valence-corrected chi connectivity index (χ2v) is 3.62. The smallest absolute Gasteiger partial charge is 0.201 e. The molecule has 0 heterocycles. The Labute approximate surface area is 96.5 Å². The lowest BCUT2D eigenvalue weighted by atomic mass is 10.2. The van der Waals surface area contributed by atoms with Crippen molar-refractivity contribution in [3.05, 3.63) is 59.4 Å². The Balaban J connectivity index is 2.36. The average molecular weight is 238 g/mol. The summed E-state index contributed by atoms with van der Waals surface area (Å²) in [4.78, 5) is 0. The fraction of sp³-hybridized carbons (Fsp3) is 0.0769. The van der Waals surface area contributed by atoms with Gasteiger partial charge in [-0.1, -0.05) is 6.07 Å². The van der Waals surface area contributed by atoms with E-state index in [2.05, 4.69) is 0 Å². The monoisotopic (exact) mass is 238 g/mol. The van der Waals surface area contributed by atoms with Gasteiger partial charge in [-0.25, -0.2) is 8.78 Å². The van der Waals surface area contributed by atoms with Crippen molar-refractivity contribution in [3.8, 4) is 11.5 Å². The maximum atomic E-state index is 13.4. The van der Waals surface area contributed by atoms with Crippen molar-refractivity contribution in [1.29, 1.82) is 0 Å². The van der Waals surface area contributed by atoms with Gasteiger partial charge in [0.2, 0.25) is 5.82 Å². The second kappa shape index (κ2) is 4.49. The molecule has 0 aliphatic heterocycles. The molecule has 17 heavy (non-hydrogen) atoms. The number of rotatable bonds is 2. The van der Waals surface area contributed by atoms with Crippen molar-refractivity contribution in [2.24, 2.45) is 0 Å². The Bertz CT molecular complexity index is 552. The molecule has 0 aliphatic rings. The van der Waals surface area contributed by atoms with Gasteiger partial charge in [-0.05, 0) is 36.8 Å². The highest BCUT2D eigenvalue weighted by Crippen LogP contribution is 2.27. The molecule has 0 atom stereocenters. The molecule has 2 aromatic carbocycles. The first-order valence-electron chi connectivity index (χ1n) is 4.95. The van der Waals surface area contributed by atoms with Gasteiger partial charge >= 0.3 is 0 Å². The number of aryl methyl sites for hydroxylation is 1. The minimum absolute atomic E-state index is 0.119. The van der Waals surface area contributed by atoms with Crippen LogP contribution in [0.1, 0.15) is 5.56 Å². The Kier molecular flexibility index (Phi) is 3.04. The van der Waals surface area contributed by atoms with E-state index in [1.165, 1.54) is 24.3 Å². The van der Waals surface area contributed by atoms with Gasteiger partial charge in [0.15, 0.2) is 11.6 Å². The number of halogens is 3. The Morgan fingerprint density at radius 1 is 1.00 bits per heavy atom. The molecule has 88 valence electrons. The lowest BCUT2D eigenvalue weighted by Crippen LogP contribution is -1.93. The molecule has 4 heteroatoms. The van der Waals surface area contributed by atoms with Crippen LogP contribution in [0.5, 0.6) is 11.5 Å². The van der Waals surface area contributed by atoms with Crippen LogP contribution >= 0.6 is 0 Å². The third-order valence-corrected chi connectivity index (χ3v) is 2.16. The van der Waals surface area contributed by atoms with Crippen molar-refractivity contribution in [2.75, 3.05) is 0 Å². The molecule has 0 bridgehead atoms. The van der Waals surface area contributed by atoms with Gasteiger partial charge in [0.25, 0.3) is 0 Å². The summed E-state index contributed by atoms with van der Waals surface area (Å²) in [5, 5.41) is 0. The van der Waals surface area contributed by atoms with Crippen LogP contribution in [0.25, 0.3) is 0 Å². The summed E-state index contributed by atoms with van der Waals surface area (Å²) < 4.78 is 44.4. The van der Waals surface area contributed by atoms with Gasteiger partial charge in [0.1, 0.15) is 11.6 Å². The normalized spacial score (nSPS) is 10.4. The molecule has 0 unspecified atom stereocenters. The highest BCUT2D eigenvalue weighted by atomic mass is 19.2. The van der Waals surface area contributed by atoms with Crippen molar-refractivity contribution in [3.63, 3.8) is 0 Å². The van der Waals surface area contributed by atoms with Gasteiger partial charge in [0, 0.05) is 6.07 Å². The molecule has 2 rings (SSSR count). The molecule has 0 aromatic heterocycles. The van der Waals surface area contributed by atoms with E-state index in [9.17, 15) is 13.2 Å². The minimum atomic E-state index is -1.08. The number of ether oxygens (including phenoxy) is 1. The van der Waals surface area contributed by atoms with E-state index in [-0.39, 0.29) is 11.5 Å². The van der Waals surface area contributed by atoms with Crippen molar-refractivity contribution in [1.82, 2.24) is 0 Å². The predicted molar refractivity (Wildman–Crippen MR) is 57.6 cm³/mol. The zero-order valence-corrected chi connectivity index (χ0v) is 9.01. The Hall–Kier alpha value is -1.97. The zero-order valence-electron chi connectivity index (χ0n) is 9.01. The Morgan fingerprint density at radius 2 is 1.76 bits per heavy atom. The van der Waals surface area contributed by atoms with E-state index >= 15 is 0 Å². The lowest BCUT2D eigenvalue weighted by molar-refractivity contribution is 0.413. The highest BCUT2D eigenvalue weighted by molar-refractivity contribution is 5.35. The van der Waals surface area contributed by atoms with Gasteiger partial charge in [-0.3, -0.25) is 0 Å². The number of benzene rings is 2. The lowest BCUT2D eigenvalue weighted by Gasteiger charge is -2.08. The first-order valence-corrected chi connectivity index (χ1v) is 4.95. The van der Waals surface area contributed by atoms with Gasteiger partial charge in [0.05, 0.1) is 0 Å². The summed E-state index contributed by atoms with van der Waals surface area (Å²) in [5.41, 5.74) is 0.523. The van der Waals surface area contributed by atoms with E-state index in [1.807, 2.05) is 0 Å². The molecule has 2 aromatic rings. The van der Waals surface area contributed by atoms with Crippen LogP contribution in [0.15, 0.2) is 36.4 Å². The maximum Gasteiger partial charge on any atom is 0.201 e. The summed E-state index contributed by atoms with van der Waals surface area (Å²) in [6.45, 7) is 1.61. The van der Waals surface area contributed by atoms with Crippen LogP contribution in [0.4, 0.5) is 13.2 Å². The van der Waals surface area contributed by atoms with Crippen molar-refractivity contribution < 1.29 is 17.9 Å². The second-order valence-electron chi connectivity index (χ2n) is 3.62. The number of hydrogen-bond donors (Lipinski definition) is 0. The quantitative estimate of drug-likeness (QED) is 0.761. The summed E-state index contributed by atoms with van der Waals surface area (Å²) in [7, 11) is 0. The predicted octanol–water partition coefficient (Wildman–Crippen LogP) is 4.20. The Morgan fingerprint density at radius 3 is 2.47 bits per heavy atom. The average Bonchev–Trinajstić information content (AvgIpc) is 2.25. The first-order chi connectivity index (χ1) is 8.06. The molecular formula is C13H9F3O.